The smallest absolute Gasteiger partial charge is 0.310 e. The first kappa shape index (κ1) is 14.9. The van der Waals surface area contributed by atoms with Crippen LogP contribution in [0.5, 0.6) is 0 Å². The summed E-state index contributed by atoms with van der Waals surface area (Å²) in [6.45, 7) is 5.68. The summed E-state index contributed by atoms with van der Waals surface area (Å²) in [6.07, 6.45) is 1.74. The van der Waals surface area contributed by atoms with Crippen LogP contribution in [-0.2, 0) is 4.79 Å². The molecule has 19 heavy (non-hydrogen) atoms. The van der Waals surface area contributed by atoms with Crippen molar-refractivity contribution in [3.63, 3.8) is 0 Å². The molecule has 3 nitrogen and oxygen atoms in total. The standard InChI is InChI=1S/C14H13NO2.C2H6/c1-10(14(16)17)11-5-7-12(8-6-11)13-4-2-3-9-15-13;1-2/h2-10H,1H3,(H,16,17);1-2H3. The average molecular weight is 257 g/mol. The molecule has 0 amide bonds. The molecule has 1 aromatic heterocycles. The number of hydrogen-bond acceptors (Lipinski definition) is 2. The summed E-state index contributed by atoms with van der Waals surface area (Å²) in [5, 5.41) is 8.91. The van der Waals surface area contributed by atoms with Crippen LogP contribution in [0.4, 0.5) is 0 Å². The molecule has 1 N–H and O–H groups in total. The van der Waals surface area contributed by atoms with E-state index in [4.69, 9.17) is 5.11 Å². The number of carboxylic acids is 1. The quantitative estimate of drug-likeness (QED) is 0.905. The summed E-state index contributed by atoms with van der Waals surface area (Å²) in [5.74, 6) is -1.29. The Morgan fingerprint density at radius 2 is 1.74 bits per heavy atom. The monoisotopic (exact) mass is 257 g/mol. The van der Waals surface area contributed by atoms with Crippen LogP contribution in [0.2, 0.25) is 0 Å². The Bertz CT molecular complexity index is 506. The van der Waals surface area contributed by atoms with Gasteiger partial charge in [0.05, 0.1) is 11.6 Å². The Morgan fingerprint density at radius 1 is 1.11 bits per heavy atom. The largest absolute Gasteiger partial charge is 0.481 e. The zero-order chi connectivity index (χ0) is 14.3. The molecule has 1 atom stereocenters. The summed E-state index contributed by atoms with van der Waals surface area (Å²) in [5.41, 5.74) is 2.69. The lowest BCUT2D eigenvalue weighted by atomic mass is 9.99. The highest BCUT2D eigenvalue weighted by atomic mass is 16.4. The maximum Gasteiger partial charge on any atom is 0.310 e. The van der Waals surface area contributed by atoms with E-state index in [2.05, 4.69) is 4.98 Å². The van der Waals surface area contributed by atoms with Gasteiger partial charge in [-0.15, -0.1) is 0 Å². The number of aliphatic carboxylic acids is 1. The Kier molecular flexibility index (Phi) is 5.73. The lowest BCUT2D eigenvalue weighted by Gasteiger charge is -2.07. The maximum atomic E-state index is 10.8. The molecule has 3 heteroatoms. The van der Waals surface area contributed by atoms with E-state index in [9.17, 15) is 4.79 Å². The van der Waals surface area contributed by atoms with Crippen LogP contribution in [0.25, 0.3) is 11.3 Å². The molecule has 0 aliphatic rings. The fourth-order valence-corrected chi connectivity index (χ4v) is 1.62. The van der Waals surface area contributed by atoms with Gasteiger partial charge in [-0.1, -0.05) is 44.2 Å². The number of benzene rings is 1. The van der Waals surface area contributed by atoms with E-state index in [-0.39, 0.29) is 0 Å². The molecule has 1 heterocycles. The van der Waals surface area contributed by atoms with Crippen molar-refractivity contribution in [1.29, 1.82) is 0 Å². The Labute approximate surface area is 113 Å². The minimum absolute atomic E-state index is 0.479. The third kappa shape index (κ3) is 3.91. The van der Waals surface area contributed by atoms with E-state index >= 15 is 0 Å². The third-order valence-electron chi connectivity index (χ3n) is 2.74. The first-order valence-corrected chi connectivity index (χ1v) is 6.42. The van der Waals surface area contributed by atoms with Crippen molar-refractivity contribution in [2.75, 3.05) is 0 Å². The van der Waals surface area contributed by atoms with Crippen LogP contribution in [0, 0.1) is 0 Å². The second-order valence-corrected chi connectivity index (χ2v) is 3.90. The minimum atomic E-state index is -0.810. The van der Waals surface area contributed by atoms with Crippen molar-refractivity contribution in [3.05, 3.63) is 54.2 Å². The van der Waals surface area contributed by atoms with Gasteiger partial charge in [0.2, 0.25) is 0 Å². The molecule has 1 unspecified atom stereocenters. The van der Waals surface area contributed by atoms with E-state index in [1.807, 2.05) is 56.3 Å². The number of aromatic nitrogens is 1. The highest BCUT2D eigenvalue weighted by Crippen LogP contribution is 2.21. The third-order valence-corrected chi connectivity index (χ3v) is 2.74. The van der Waals surface area contributed by atoms with E-state index in [1.165, 1.54) is 0 Å². The fraction of sp³-hybridized carbons (Fsp3) is 0.250. The zero-order valence-corrected chi connectivity index (χ0v) is 11.5. The van der Waals surface area contributed by atoms with Crippen molar-refractivity contribution in [2.24, 2.45) is 0 Å². The Balaban J connectivity index is 0.000000861. The van der Waals surface area contributed by atoms with Crippen LogP contribution < -0.4 is 0 Å². The molecule has 0 aliphatic heterocycles. The predicted molar refractivity (Wildman–Crippen MR) is 77.1 cm³/mol. The van der Waals surface area contributed by atoms with E-state index < -0.39 is 11.9 Å². The van der Waals surface area contributed by atoms with Crippen LogP contribution in [0.15, 0.2) is 48.7 Å². The van der Waals surface area contributed by atoms with Gasteiger partial charge < -0.3 is 5.11 Å². The summed E-state index contributed by atoms with van der Waals surface area (Å²) in [6, 6.07) is 13.2. The van der Waals surface area contributed by atoms with Gasteiger partial charge in [-0.05, 0) is 24.6 Å². The molecular formula is C16H19NO2. The summed E-state index contributed by atoms with van der Waals surface area (Å²) >= 11 is 0. The SMILES string of the molecule is CC.CC(C(=O)O)c1ccc(-c2ccccn2)cc1. The predicted octanol–water partition coefficient (Wildman–Crippen LogP) is 3.96. The average Bonchev–Trinajstić information content (AvgIpc) is 2.49. The molecule has 0 saturated carbocycles. The van der Waals surface area contributed by atoms with Gasteiger partial charge in [-0.2, -0.15) is 0 Å². The maximum absolute atomic E-state index is 10.8. The van der Waals surface area contributed by atoms with Crippen LogP contribution >= 0.6 is 0 Å². The molecule has 1 aromatic carbocycles. The molecule has 0 aliphatic carbocycles. The lowest BCUT2D eigenvalue weighted by Crippen LogP contribution is -2.06. The van der Waals surface area contributed by atoms with Crippen molar-refractivity contribution in [2.45, 2.75) is 26.7 Å². The van der Waals surface area contributed by atoms with Crippen molar-refractivity contribution in [3.8, 4) is 11.3 Å². The van der Waals surface area contributed by atoms with Crippen LogP contribution in [-0.4, -0.2) is 16.1 Å². The normalized spacial score (nSPS) is 11.1. The zero-order valence-electron chi connectivity index (χ0n) is 11.5. The molecular weight excluding hydrogens is 238 g/mol. The number of carbonyl (C=O) groups is 1. The van der Waals surface area contributed by atoms with E-state index in [0.717, 1.165) is 16.8 Å². The number of nitrogens with zero attached hydrogens (tertiary/aromatic N) is 1. The second kappa shape index (κ2) is 7.31. The van der Waals surface area contributed by atoms with Gasteiger partial charge in [0.25, 0.3) is 0 Å². The highest BCUT2D eigenvalue weighted by molar-refractivity contribution is 5.76. The molecule has 2 aromatic rings. The van der Waals surface area contributed by atoms with Crippen molar-refractivity contribution in [1.82, 2.24) is 4.98 Å². The molecule has 0 fully saturated rings. The molecule has 0 radical (unpaired) electrons. The molecule has 100 valence electrons. The van der Waals surface area contributed by atoms with Gasteiger partial charge >= 0.3 is 5.97 Å². The highest BCUT2D eigenvalue weighted by Gasteiger charge is 2.13. The van der Waals surface area contributed by atoms with Crippen LogP contribution in [0.3, 0.4) is 0 Å². The minimum Gasteiger partial charge on any atom is -0.481 e. The summed E-state index contributed by atoms with van der Waals surface area (Å²) < 4.78 is 0. The van der Waals surface area contributed by atoms with Gasteiger partial charge in [0, 0.05) is 11.8 Å². The summed E-state index contributed by atoms with van der Waals surface area (Å²) in [4.78, 5) is 15.1. The van der Waals surface area contributed by atoms with E-state index in [0.29, 0.717) is 0 Å². The Morgan fingerprint density at radius 3 is 2.21 bits per heavy atom. The van der Waals surface area contributed by atoms with Crippen molar-refractivity contribution >= 4 is 5.97 Å². The van der Waals surface area contributed by atoms with Gasteiger partial charge in [-0.25, -0.2) is 0 Å². The fourth-order valence-electron chi connectivity index (χ4n) is 1.62. The van der Waals surface area contributed by atoms with E-state index in [1.54, 1.807) is 13.1 Å². The number of carboxylic acid groups (broad SMARTS) is 1. The lowest BCUT2D eigenvalue weighted by molar-refractivity contribution is -0.138. The van der Waals surface area contributed by atoms with Crippen LogP contribution in [0.1, 0.15) is 32.3 Å². The Hall–Kier alpha value is -2.16. The van der Waals surface area contributed by atoms with Crippen molar-refractivity contribution < 1.29 is 9.90 Å². The first-order chi connectivity index (χ1) is 9.18. The second-order valence-electron chi connectivity index (χ2n) is 3.90. The molecule has 0 bridgehead atoms. The molecule has 0 saturated heterocycles. The first-order valence-electron chi connectivity index (χ1n) is 6.42. The number of hydrogen-bond donors (Lipinski definition) is 1. The molecule has 0 spiro atoms. The number of rotatable bonds is 3. The number of pyridine rings is 1. The topological polar surface area (TPSA) is 50.2 Å². The van der Waals surface area contributed by atoms with Gasteiger partial charge in [0.15, 0.2) is 0 Å². The summed E-state index contributed by atoms with van der Waals surface area (Å²) in [7, 11) is 0. The van der Waals surface area contributed by atoms with Gasteiger partial charge in [-0.3, -0.25) is 9.78 Å². The van der Waals surface area contributed by atoms with Gasteiger partial charge in [0.1, 0.15) is 0 Å². The molecule has 2 rings (SSSR count).